The molecule has 1 unspecified atom stereocenters. The first-order valence-electron chi connectivity index (χ1n) is 9.49. The van der Waals surface area contributed by atoms with Crippen molar-refractivity contribution in [2.75, 3.05) is 14.2 Å². The number of H-pyrrole nitrogens is 1. The number of carbonyl (C=O) groups is 1. The summed E-state index contributed by atoms with van der Waals surface area (Å²) in [5.74, 6) is 0.0811. The molecule has 0 saturated carbocycles. The van der Waals surface area contributed by atoms with Gasteiger partial charge in [-0.25, -0.2) is 9.78 Å². The van der Waals surface area contributed by atoms with E-state index in [1.54, 1.807) is 43.5 Å². The molecule has 0 radical (unpaired) electrons. The zero-order valence-electron chi connectivity index (χ0n) is 16.9. The molecule has 0 saturated heterocycles. The Morgan fingerprint density at radius 3 is 2.68 bits per heavy atom. The van der Waals surface area contributed by atoms with Gasteiger partial charge >= 0.3 is 5.97 Å². The number of nitrogens with one attached hydrogen (secondary N) is 1. The number of benzene rings is 2. The number of pyridine rings is 1. The minimum Gasteiger partial charge on any atom is -0.497 e. The lowest BCUT2D eigenvalue weighted by molar-refractivity contribution is 0.0593. The Balaban J connectivity index is 1.93. The predicted octanol–water partition coefficient (Wildman–Crippen LogP) is 3.98. The number of esters is 1. The molecule has 2 aromatic heterocycles. The maximum absolute atomic E-state index is 11.9. The Morgan fingerprint density at radius 2 is 1.94 bits per heavy atom. The van der Waals surface area contributed by atoms with Crippen molar-refractivity contribution in [3.63, 3.8) is 0 Å². The minimum atomic E-state index is -1.13. The highest BCUT2D eigenvalue weighted by Crippen LogP contribution is 2.38. The molecule has 154 valence electrons. The zero-order chi connectivity index (χ0) is 22.0. The fourth-order valence-corrected chi connectivity index (χ4v) is 3.55. The largest absolute Gasteiger partial charge is 0.497 e. The first kappa shape index (κ1) is 20.1. The second-order valence-electron chi connectivity index (χ2n) is 6.86. The number of methoxy groups -OCH3 is 2. The Labute approximate surface area is 178 Å². The third-order valence-electron chi connectivity index (χ3n) is 5.05. The highest BCUT2D eigenvalue weighted by atomic mass is 16.5. The normalized spacial score (nSPS) is 11.7. The van der Waals surface area contributed by atoms with Crippen molar-refractivity contribution in [3.8, 4) is 23.1 Å². The fraction of sp³-hybridized carbons (Fsp3) is 0.125. The van der Waals surface area contributed by atoms with Gasteiger partial charge in [-0.1, -0.05) is 18.2 Å². The van der Waals surface area contributed by atoms with Crippen molar-refractivity contribution >= 4 is 16.9 Å². The van der Waals surface area contributed by atoms with Gasteiger partial charge in [0, 0.05) is 22.5 Å². The van der Waals surface area contributed by atoms with Crippen LogP contribution in [0.3, 0.4) is 0 Å². The summed E-state index contributed by atoms with van der Waals surface area (Å²) in [6, 6.07) is 19.6. The Hall–Kier alpha value is -4.15. The number of aliphatic hydroxyl groups is 1. The van der Waals surface area contributed by atoms with Gasteiger partial charge in [0.05, 0.1) is 37.2 Å². The average Bonchev–Trinajstić information content (AvgIpc) is 3.21. The summed E-state index contributed by atoms with van der Waals surface area (Å²) < 4.78 is 10.1. The maximum atomic E-state index is 11.9. The van der Waals surface area contributed by atoms with E-state index in [-0.39, 0.29) is 5.69 Å². The standard InChI is InChI=1S/C24H19N3O4/c1-30-16-9-10-17-20(12-16)27-22(15-6-3-5-14(11-15)13-25)21(17)23(28)18-7-4-8-19(26-18)24(29)31-2/h3-12,23,27-28H,1-2H3. The van der Waals surface area contributed by atoms with Crippen LogP contribution in [0, 0.1) is 11.3 Å². The molecule has 4 aromatic rings. The number of aromatic nitrogens is 2. The number of nitriles is 1. The summed E-state index contributed by atoms with van der Waals surface area (Å²) in [6.45, 7) is 0. The molecule has 0 amide bonds. The van der Waals surface area contributed by atoms with Crippen LogP contribution in [0.15, 0.2) is 60.7 Å². The summed E-state index contributed by atoms with van der Waals surface area (Å²) in [5, 5.41) is 21.4. The molecule has 31 heavy (non-hydrogen) atoms. The van der Waals surface area contributed by atoms with Gasteiger partial charge in [-0.15, -0.1) is 0 Å². The lowest BCUT2D eigenvalue weighted by atomic mass is 9.97. The van der Waals surface area contributed by atoms with Crippen molar-refractivity contribution in [1.82, 2.24) is 9.97 Å². The topological polar surface area (TPSA) is 108 Å². The second-order valence-corrected chi connectivity index (χ2v) is 6.86. The van der Waals surface area contributed by atoms with E-state index < -0.39 is 12.1 Å². The van der Waals surface area contributed by atoms with E-state index in [1.165, 1.54) is 13.2 Å². The number of carbonyl (C=O) groups excluding carboxylic acids is 1. The van der Waals surface area contributed by atoms with E-state index in [1.807, 2.05) is 18.2 Å². The van der Waals surface area contributed by atoms with Gasteiger partial charge in [0.15, 0.2) is 0 Å². The lowest BCUT2D eigenvalue weighted by Gasteiger charge is -2.14. The summed E-state index contributed by atoms with van der Waals surface area (Å²) >= 11 is 0. The first-order chi connectivity index (χ1) is 15.0. The van der Waals surface area contributed by atoms with Crippen molar-refractivity contribution in [3.05, 3.63) is 83.2 Å². The van der Waals surface area contributed by atoms with Crippen LogP contribution in [-0.2, 0) is 4.74 Å². The third kappa shape index (κ3) is 3.72. The number of aromatic amines is 1. The molecule has 2 heterocycles. The number of rotatable bonds is 5. The van der Waals surface area contributed by atoms with Gasteiger partial charge < -0.3 is 19.6 Å². The maximum Gasteiger partial charge on any atom is 0.356 e. The number of aliphatic hydroxyl groups excluding tert-OH is 1. The van der Waals surface area contributed by atoms with Crippen LogP contribution in [0.4, 0.5) is 0 Å². The Kier molecular flexibility index (Phi) is 5.39. The van der Waals surface area contributed by atoms with Gasteiger partial charge in [-0.05, 0) is 42.0 Å². The molecule has 0 spiro atoms. The molecule has 1 atom stereocenters. The van der Waals surface area contributed by atoms with Crippen molar-refractivity contribution in [2.24, 2.45) is 0 Å². The van der Waals surface area contributed by atoms with E-state index >= 15 is 0 Å². The molecule has 0 bridgehead atoms. The van der Waals surface area contributed by atoms with Gasteiger partial charge in [-0.2, -0.15) is 5.26 Å². The van der Waals surface area contributed by atoms with Crippen LogP contribution in [0.5, 0.6) is 5.75 Å². The SMILES string of the molecule is COC(=O)c1cccc(C(O)c2c(-c3cccc(C#N)c3)[nH]c3cc(OC)ccc23)n1. The molecule has 2 aromatic carbocycles. The quantitative estimate of drug-likeness (QED) is 0.479. The van der Waals surface area contributed by atoms with Gasteiger partial charge in [0.2, 0.25) is 0 Å². The van der Waals surface area contributed by atoms with Gasteiger partial charge in [0.1, 0.15) is 17.5 Å². The number of hydrogen-bond acceptors (Lipinski definition) is 6. The molecule has 4 rings (SSSR count). The van der Waals surface area contributed by atoms with Crippen molar-refractivity contribution < 1.29 is 19.4 Å². The number of nitrogens with zero attached hydrogens (tertiary/aromatic N) is 2. The van der Waals surface area contributed by atoms with E-state index in [9.17, 15) is 15.2 Å². The number of hydrogen-bond donors (Lipinski definition) is 2. The highest BCUT2D eigenvalue weighted by Gasteiger charge is 2.24. The predicted molar refractivity (Wildman–Crippen MR) is 115 cm³/mol. The highest BCUT2D eigenvalue weighted by molar-refractivity contribution is 5.93. The van der Waals surface area contributed by atoms with Crippen LogP contribution >= 0.6 is 0 Å². The molecular formula is C24H19N3O4. The molecule has 7 heteroatoms. The molecule has 7 nitrogen and oxygen atoms in total. The molecule has 0 aliphatic rings. The molecule has 0 aliphatic heterocycles. The summed E-state index contributed by atoms with van der Waals surface area (Å²) in [5.41, 5.74) is 3.65. The molecule has 0 fully saturated rings. The second kappa shape index (κ2) is 8.30. The van der Waals surface area contributed by atoms with E-state index in [2.05, 4.69) is 16.0 Å². The zero-order valence-corrected chi connectivity index (χ0v) is 16.9. The van der Waals surface area contributed by atoms with Crippen LogP contribution in [-0.4, -0.2) is 35.3 Å². The minimum absolute atomic E-state index is 0.105. The monoisotopic (exact) mass is 413 g/mol. The Morgan fingerprint density at radius 1 is 1.13 bits per heavy atom. The van der Waals surface area contributed by atoms with Crippen molar-refractivity contribution in [1.29, 1.82) is 5.26 Å². The average molecular weight is 413 g/mol. The fourth-order valence-electron chi connectivity index (χ4n) is 3.55. The smallest absolute Gasteiger partial charge is 0.356 e. The van der Waals surface area contributed by atoms with Crippen LogP contribution in [0.25, 0.3) is 22.2 Å². The molecule has 2 N–H and O–H groups in total. The van der Waals surface area contributed by atoms with E-state index in [4.69, 9.17) is 9.47 Å². The lowest BCUT2D eigenvalue weighted by Crippen LogP contribution is -2.09. The molecule has 0 aliphatic carbocycles. The van der Waals surface area contributed by atoms with Crippen LogP contribution in [0.2, 0.25) is 0 Å². The van der Waals surface area contributed by atoms with E-state index in [0.717, 1.165) is 16.5 Å². The molecular weight excluding hydrogens is 394 g/mol. The number of ether oxygens (including phenoxy) is 2. The first-order valence-corrected chi connectivity index (χ1v) is 9.49. The van der Waals surface area contributed by atoms with Gasteiger partial charge in [-0.3, -0.25) is 0 Å². The summed E-state index contributed by atoms with van der Waals surface area (Å²) in [4.78, 5) is 19.5. The third-order valence-corrected chi connectivity index (χ3v) is 5.05. The Bertz CT molecular complexity index is 1320. The summed E-state index contributed by atoms with van der Waals surface area (Å²) in [6.07, 6.45) is -1.13. The van der Waals surface area contributed by atoms with E-state index in [0.29, 0.717) is 28.3 Å². The summed E-state index contributed by atoms with van der Waals surface area (Å²) in [7, 11) is 2.86. The van der Waals surface area contributed by atoms with Crippen LogP contribution < -0.4 is 4.74 Å². The van der Waals surface area contributed by atoms with Crippen LogP contribution in [0.1, 0.15) is 33.4 Å². The number of fused-ring (bicyclic) bond motifs is 1. The van der Waals surface area contributed by atoms with Crippen molar-refractivity contribution in [2.45, 2.75) is 6.10 Å². The van der Waals surface area contributed by atoms with Gasteiger partial charge in [0.25, 0.3) is 0 Å².